The van der Waals surface area contributed by atoms with Crippen LogP contribution in [-0.4, -0.2) is 13.7 Å². The van der Waals surface area contributed by atoms with Crippen molar-refractivity contribution in [3.8, 4) is 0 Å². The number of rotatable bonds is 10. The molecular weight excluding hydrogens is 490 g/mol. The molecule has 0 heterocycles. The number of methoxy groups -OCH3 is 1. The van der Waals surface area contributed by atoms with E-state index in [2.05, 4.69) is 6.92 Å². The summed E-state index contributed by atoms with van der Waals surface area (Å²) in [7, 11) is 1.39. The lowest BCUT2D eigenvalue weighted by Gasteiger charge is -2.45. The summed E-state index contributed by atoms with van der Waals surface area (Å²) in [4.78, 5) is 0. The molecule has 0 aromatic rings. The lowest BCUT2D eigenvalue weighted by Crippen LogP contribution is -2.34. The van der Waals surface area contributed by atoms with Crippen LogP contribution in [0.5, 0.6) is 0 Å². The smallest absolute Gasteiger partial charge is 0.199 e. The SMILES string of the molecule is CCCC1CCC2CC(C3CCC(CCC4CCC(COC5=C(F)C(F)=C(OC)CC5)CC4)CC3)CCC2C1. The van der Waals surface area contributed by atoms with Gasteiger partial charge in [-0.1, -0.05) is 64.7 Å². The van der Waals surface area contributed by atoms with Crippen LogP contribution in [0.3, 0.4) is 0 Å². The first-order valence-corrected chi connectivity index (χ1v) is 17.0. The number of hydrogen-bond donors (Lipinski definition) is 0. The van der Waals surface area contributed by atoms with Gasteiger partial charge in [0.05, 0.1) is 13.7 Å². The van der Waals surface area contributed by atoms with Gasteiger partial charge in [-0.25, -0.2) is 0 Å². The summed E-state index contributed by atoms with van der Waals surface area (Å²) in [6.45, 7) is 2.89. The van der Waals surface area contributed by atoms with Crippen molar-refractivity contribution in [1.82, 2.24) is 0 Å². The Morgan fingerprint density at radius 2 is 1.05 bits per heavy atom. The largest absolute Gasteiger partial charge is 0.498 e. The molecule has 222 valence electrons. The van der Waals surface area contributed by atoms with E-state index in [0.717, 1.165) is 54.3 Å². The topological polar surface area (TPSA) is 18.5 Å². The van der Waals surface area contributed by atoms with Crippen molar-refractivity contribution in [3.05, 3.63) is 23.2 Å². The zero-order valence-electron chi connectivity index (χ0n) is 25.0. The first kappa shape index (κ1) is 29.4. The van der Waals surface area contributed by atoms with Crippen molar-refractivity contribution in [3.63, 3.8) is 0 Å². The summed E-state index contributed by atoms with van der Waals surface area (Å²) < 4.78 is 38.9. The Hall–Kier alpha value is -1.06. The van der Waals surface area contributed by atoms with Gasteiger partial charge in [0.1, 0.15) is 11.5 Å². The highest BCUT2D eigenvalue weighted by molar-refractivity contribution is 5.29. The first-order chi connectivity index (χ1) is 19.0. The van der Waals surface area contributed by atoms with Crippen molar-refractivity contribution in [2.24, 2.45) is 47.3 Å². The van der Waals surface area contributed by atoms with Gasteiger partial charge in [0, 0.05) is 12.8 Å². The van der Waals surface area contributed by atoms with E-state index in [4.69, 9.17) is 9.47 Å². The van der Waals surface area contributed by atoms with Crippen LogP contribution in [0.15, 0.2) is 23.2 Å². The Labute approximate surface area is 237 Å². The Bertz CT molecular complexity index is 834. The van der Waals surface area contributed by atoms with Gasteiger partial charge in [0.25, 0.3) is 0 Å². The third-order valence-electron chi connectivity index (χ3n) is 12.0. The summed E-state index contributed by atoms with van der Waals surface area (Å²) in [5.74, 6) is 6.08. The second-order valence-corrected chi connectivity index (χ2v) is 14.3. The van der Waals surface area contributed by atoms with Gasteiger partial charge in [-0.2, -0.15) is 8.78 Å². The number of ether oxygens (including phenoxy) is 2. The predicted octanol–water partition coefficient (Wildman–Crippen LogP) is 10.8. The van der Waals surface area contributed by atoms with E-state index in [1.807, 2.05) is 0 Å². The van der Waals surface area contributed by atoms with Crippen molar-refractivity contribution < 1.29 is 18.3 Å². The standard InChI is InChI=1S/C35H56F2O2/c1-3-4-26-13-16-31-22-30(18-17-29(31)21-26)28-14-11-25(12-15-28)6-5-24-7-9-27(10-8-24)23-39-33-20-19-32(38-2)34(36)35(33)37/h24-31H,3-23H2,1-2H3. The highest BCUT2D eigenvalue weighted by atomic mass is 19.2. The van der Waals surface area contributed by atoms with Crippen LogP contribution in [-0.2, 0) is 9.47 Å². The van der Waals surface area contributed by atoms with Gasteiger partial charge in [0.2, 0.25) is 0 Å². The summed E-state index contributed by atoms with van der Waals surface area (Å²) in [6.07, 6.45) is 26.5. The molecule has 0 amide bonds. The fourth-order valence-corrected chi connectivity index (χ4v) is 9.46. The lowest BCUT2D eigenvalue weighted by molar-refractivity contribution is 0.0571. The number of halogens is 2. The average molecular weight is 547 g/mol. The summed E-state index contributed by atoms with van der Waals surface area (Å²) in [5, 5.41) is 0. The maximum Gasteiger partial charge on any atom is 0.199 e. The van der Waals surface area contributed by atoms with Gasteiger partial charge >= 0.3 is 0 Å². The maximum atomic E-state index is 14.2. The Morgan fingerprint density at radius 3 is 1.72 bits per heavy atom. The van der Waals surface area contributed by atoms with E-state index in [9.17, 15) is 8.78 Å². The predicted molar refractivity (Wildman–Crippen MR) is 155 cm³/mol. The second-order valence-electron chi connectivity index (χ2n) is 14.3. The molecule has 2 nitrogen and oxygen atoms in total. The summed E-state index contributed by atoms with van der Waals surface area (Å²) >= 11 is 0. The number of hydrogen-bond acceptors (Lipinski definition) is 2. The zero-order chi connectivity index (χ0) is 27.2. The molecule has 5 aliphatic carbocycles. The highest BCUT2D eigenvalue weighted by Crippen LogP contribution is 2.50. The average Bonchev–Trinajstić information content (AvgIpc) is 2.97. The molecule has 0 aromatic carbocycles. The molecule has 0 saturated heterocycles. The van der Waals surface area contributed by atoms with E-state index in [0.29, 0.717) is 25.4 Å². The van der Waals surface area contributed by atoms with Crippen LogP contribution in [0, 0.1) is 47.3 Å². The molecule has 5 rings (SSSR count). The molecule has 4 unspecified atom stereocenters. The molecule has 0 aromatic heterocycles. The lowest BCUT2D eigenvalue weighted by atomic mass is 9.60. The number of allylic oxidation sites excluding steroid dienone is 4. The molecule has 0 bridgehead atoms. The van der Waals surface area contributed by atoms with Crippen molar-refractivity contribution in [2.75, 3.05) is 13.7 Å². The van der Waals surface area contributed by atoms with Crippen molar-refractivity contribution in [2.45, 2.75) is 135 Å². The third kappa shape index (κ3) is 7.62. The van der Waals surface area contributed by atoms with E-state index in [1.165, 1.54) is 90.6 Å². The molecule has 39 heavy (non-hydrogen) atoms. The molecule has 4 heteroatoms. The molecule has 4 fully saturated rings. The van der Waals surface area contributed by atoms with E-state index in [-0.39, 0.29) is 11.5 Å². The van der Waals surface area contributed by atoms with Crippen LogP contribution in [0.4, 0.5) is 8.78 Å². The zero-order valence-corrected chi connectivity index (χ0v) is 25.0. The molecule has 0 spiro atoms. The van der Waals surface area contributed by atoms with Crippen LogP contribution < -0.4 is 0 Å². The van der Waals surface area contributed by atoms with Gasteiger partial charge in [-0.3, -0.25) is 0 Å². The molecule has 4 saturated carbocycles. The van der Waals surface area contributed by atoms with E-state index in [1.54, 1.807) is 19.3 Å². The Kier molecular flexibility index (Phi) is 10.7. The third-order valence-corrected chi connectivity index (χ3v) is 12.0. The van der Waals surface area contributed by atoms with Crippen LogP contribution in [0.25, 0.3) is 0 Å². The normalized spacial score (nSPS) is 37.9. The van der Waals surface area contributed by atoms with Crippen molar-refractivity contribution in [1.29, 1.82) is 0 Å². The molecule has 0 radical (unpaired) electrons. The highest BCUT2D eigenvalue weighted by Gasteiger charge is 2.38. The second kappa shape index (κ2) is 14.2. The van der Waals surface area contributed by atoms with Gasteiger partial charge in [0.15, 0.2) is 11.7 Å². The minimum Gasteiger partial charge on any atom is -0.498 e. The van der Waals surface area contributed by atoms with Gasteiger partial charge < -0.3 is 9.47 Å². The van der Waals surface area contributed by atoms with Crippen LogP contribution in [0.1, 0.15) is 135 Å². The molecule has 0 aliphatic heterocycles. The Morgan fingerprint density at radius 1 is 0.564 bits per heavy atom. The van der Waals surface area contributed by atoms with E-state index >= 15 is 0 Å². The van der Waals surface area contributed by atoms with Crippen molar-refractivity contribution >= 4 is 0 Å². The molecule has 5 aliphatic rings. The summed E-state index contributed by atoms with van der Waals surface area (Å²) in [5.41, 5.74) is 0. The minimum absolute atomic E-state index is 0.0980. The minimum atomic E-state index is -0.881. The molecular formula is C35H56F2O2. The molecule has 4 atom stereocenters. The van der Waals surface area contributed by atoms with Crippen LogP contribution in [0.2, 0.25) is 0 Å². The fraction of sp³-hybridized carbons (Fsp3) is 0.886. The number of fused-ring (bicyclic) bond motifs is 1. The monoisotopic (exact) mass is 546 g/mol. The van der Waals surface area contributed by atoms with Gasteiger partial charge in [-0.05, 0) is 105 Å². The quantitative estimate of drug-likeness (QED) is 0.271. The van der Waals surface area contributed by atoms with Crippen LogP contribution >= 0.6 is 0 Å². The maximum absolute atomic E-state index is 14.2. The summed E-state index contributed by atoms with van der Waals surface area (Å²) in [6, 6.07) is 0. The Balaban J connectivity index is 0.952. The van der Waals surface area contributed by atoms with Gasteiger partial charge in [-0.15, -0.1) is 0 Å². The fourth-order valence-electron chi connectivity index (χ4n) is 9.46. The first-order valence-electron chi connectivity index (χ1n) is 17.0. The van der Waals surface area contributed by atoms with E-state index < -0.39 is 11.7 Å². The molecule has 0 N–H and O–H groups in total.